The zero-order chi connectivity index (χ0) is 3.41. The van der Waals surface area contributed by atoms with Gasteiger partial charge in [0.15, 0.2) is 12.3 Å². The summed E-state index contributed by atoms with van der Waals surface area (Å²) in [5.74, 6) is 0. The fourth-order valence-electron chi connectivity index (χ4n) is 0. The zero-order valence-corrected chi connectivity index (χ0v) is 2.46. The second-order valence-electron chi connectivity index (χ2n) is 0.138. The van der Waals surface area contributed by atoms with Crippen molar-refractivity contribution in [2.75, 3.05) is 0 Å². The molecule has 0 aliphatic heterocycles. The summed E-state index contributed by atoms with van der Waals surface area (Å²) >= 11 is -0.310. The van der Waals surface area contributed by atoms with Gasteiger partial charge in [-0.15, -0.1) is 0 Å². The maximum Gasteiger partial charge on any atom is 0.197 e. The molecule has 2 nitrogen and oxygen atoms in total. The lowest BCUT2D eigenvalue weighted by molar-refractivity contribution is 0.0138. The second-order valence-corrected chi connectivity index (χ2v) is 0.413. The number of hydrogen-bond donors (Lipinski definition) is 1. The van der Waals surface area contributed by atoms with Gasteiger partial charge in [-0.2, -0.15) is 0 Å². The van der Waals surface area contributed by atoms with Gasteiger partial charge >= 0.3 is 0 Å². The Morgan fingerprint density at radius 3 is 2.25 bits per heavy atom. The molecule has 0 spiro atoms. The van der Waals surface area contributed by atoms with E-state index in [9.17, 15) is 4.53 Å². The summed E-state index contributed by atoms with van der Waals surface area (Å²) in [5.41, 5.74) is 0. The maximum absolute atomic E-state index is 9.94. The van der Waals surface area contributed by atoms with Crippen LogP contribution in [0.2, 0.25) is 0 Å². The molecule has 0 unspecified atom stereocenters. The predicted octanol–water partition coefficient (Wildman–Crippen LogP) is 1.01. The molecule has 1 N–H and O–H groups in total. The minimum Gasteiger partial charge on any atom is -0.305 e. The molecule has 0 aliphatic carbocycles. The first-order chi connectivity index (χ1) is 1.91. The summed E-state index contributed by atoms with van der Waals surface area (Å²) in [6.07, 6.45) is 0. The highest BCUT2D eigenvalue weighted by Gasteiger charge is 1.62. The summed E-state index contributed by atoms with van der Waals surface area (Å²) in [6.45, 7) is 0. The molecule has 0 aromatic rings. The third kappa shape index (κ3) is 2.20. The van der Waals surface area contributed by atoms with E-state index in [-0.39, 0.29) is 12.3 Å². The fraction of sp³-hybridized carbons (Fsp3) is 0. The van der Waals surface area contributed by atoms with E-state index in [4.69, 9.17) is 4.55 Å². The van der Waals surface area contributed by atoms with Gasteiger partial charge < -0.3 is 4.55 Å². The van der Waals surface area contributed by atoms with Crippen LogP contribution in [0.15, 0.2) is 0 Å². The van der Waals surface area contributed by atoms with Gasteiger partial charge in [0.1, 0.15) is 0 Å². The van der Waals surface area contributed by atoms with Crippen LogP contribution in [0.3, 0.4) is 0 Å². The van der Waals surface area contributed by atoms with Crippen LogP contribution in [0, 0.1) is 0 Å². The van der Waals surface area contributed by atoms with Crippen molar-refractivity contribution < 1.29 is 13.5 Å². The van der Waals surface area contributed by atoms with Crippen LogP contribution in [0.1, 0.15) is 0 Å². The van der Waals surface area contributed by atoms with Gasteiger partial charge in [-0.25, -0.2) is 0 Å². The van der Waals surface area contributed by atoms with Crippen molar-refractivity contribution in [3.63, 3.8) is 0 Å². The summed E-state index contributed by atoms with van der Waals surface area (Å²) in [6, 6.07) is 0. The lowest BCUT2D eigenvalue weighted by Gasteiger charge is -1.64. The topological polar surface area (TPSA) is 29.5 Å². The van der Waals surface area contributed by atoms with E-state index in [1.807, 2.05) is 0 Å². The molecule has 0 aromatic carbocycles. The third-order valence-corrected chi connectivity index (χ3v) is 0.0845. The normalized spacial score (nSPS) is 7.50. The molecule has 0 bridgehead atoms. The van der Waals surface area contributed by atoms with E-state index >= 15 is 0 Å². The largest absolute Gasteiger partial charge is 0.305 e. The third-order valence-electron chi connectivity index (χ3n) is 0.0282. The summed E-state index contributed by atoms with van der Waals surface area (Å²) in [7, 11) is 0. The van der Waals surface area contributed by atoms with Crippen LogP contribution in [0.25, 0.3) is 0 Å². The Labute approximate surface area is 26.9 Å². The first kappa shape index (κ1) is 4.20. The summed E-state index contributed by atoms with van der Waals surface area (Å²) < 4.78 is 19.6. The van der Waals surface area contributed by atoms with E-state index in [0.29, 0.717) is 0 Å². The average molecular weight is 84.1 g/mol. The van der Waals surface area contributed by atoms with Gasteiger partial charge in [0.2, 0.25) is 0 Å². The first-order valence-corrected chi connectivity index (χ1v) is 1.20. The molecule has 0 amide bonds. The monoisotopic (exact) mass is 84.0 g/mol. The Bertz CT molecular complexity index is 8.00. The molecule has 0 aliphatic rings. The van der Waals surface area contributed by atoms with Gasteiger partial charge in [-0.05, 0) is 4.53 Å². The predicted molar refractivity (Wildman–Crippen MR) is 12.4 cm³/mol. The van der Waals surface area contributed by atoms with Crippen LogP contribution in [0.5, 0.6) is 0 Å². The molecule has 0 atom stereocenters. The van der Waals surface area contributed by atoms with Gasteiger partial charge in [0.05, 0.1) is 0 Å². The smallest absolute Gasteiger partial charge is 0.197 e. The molecule has 0 fully saturated rings. The molecule has 0 heterocycles. The van der Waals surface area contributed by atoms with E-state index in [2.05, 4.69) is 4.39 Å². The minimum absolute atomic E-state index is 0.310. The number of hydrogen-bond acceptors (Lipinski definition) is 3. The van der Waals surface area contributed by atoms with E-state index in [0.717, 1.165) is 0 Å². The van der Waals surface area contributed by atoms with Crippen LogP contribution < -0.4 is 0 Å². The Kier molecular flexibility index (Phi) is 3.36. The van der Waals surface area contributed by atoms with Crippen molar-refractivity contribution in [1.29, 1.82) is 0 Å². The minimum atomic E-state index is -0.310. The summed E-state index contributed by atoms with van der Waals surface area (Å²) in [5, 5.41) is 0. The molecule has 4 heavy (non-hydrogen) atoms. The fourth-order valence-corrected chi connectivity index (χ4v) is 0. The van der Waals surface area contributed by atoms with Gasteiger partial charge in [0.25, 0.3) is 0 Å². The first-order valence-electron chi connectivity index (χ1n) is 0.504. The Morgan fingerprint density at radius 1 is 2.00 bits per heavy atom. The highest BCUT2D eigenvalue weighted by Crippen LogP contribution is 1.89. The lowest BCUT2D eigenvalue weighted by atomic mass is 15.6. The second kappa shape index (κ2) is 3.20. The van der Waals surface area contributed by atoms with Gasteiger partial charge in [-0.1, -0.05) is 4.39 Å². The Hall–Kier alpha value is 0.200. The number of rotatable bonds is 1. The quantitative estimate of drug-likeness (QED) is 0.481. The highest BCUT2D eigenvalue weighted by atomic mass is 32.2. The lowest BCUT2D eigenvalue weighted by Crippen LogP contribution is -1.43. The van der Waals surface area contributed by atoms with Gasteiger partial charge in [-0.3, -0.25) is 0 Å². The highest BCUT2D eigenvalue weighted by molar-refractivity contribution is 7.88. The van der Waals surface area contributed by atoms with Crippen LogP contribution in [-0.2, 0) is 4.39 Å². The van der Waals surface area contributed by atoms with Gasteiger partial charge in [0, 0.05) is 0 Å². The number of halogens is 1. The Morgan fingerprint density at radius 2 is 2.25 bits per heavy atom. The summed E-state index contributed by atoms with van der Waals surface area (Å²) in [4.78, 5) is 0. The SMILES string of the molecule is OSOF. The molecule has 0 aromatic heterocycles. The van der Waals surface area contributed by atoms with E-state index in [1.54, 1.807) is 0 Å². The van der Waals surface area contributed by atoms with Crippen molar-refractivity contribution in [3.8, 4) is 0 Å². The molecule has 0 saturated carbocycles. The van der Waals surface area contributed by atoms with Crippen LogP contribution in [-0.4, -0.2) is 4.55 Å². The van der Waals surface area contributed by atoms with Crippen molar-refractivity contribution in [2.24, 2.45) is 0 Å². The Balaban J connectivity index is 1.97. The van der Waals surface area contributed by atoms with Crippen molar-refractivity contribution in [2.45, 2.75) is 0 Å². The maximum atomic E-state index is 9.94. The van der Waals surface area contributed by atoms with E-state index < -0.39 is 0 Å². The zero-order valence-electron chi connectivity index (χ0n) is 1.64. The molecule has 0 rings (SSSR count). The average Bonchev–Trinajstić information content (AvgIpc) is 1.37. The van der Waals surface area contributed by atoms with Crippen molar-refractivity contribution >= 4 is 12.3 Å². The van der Waals surface area contributed by atoms with Crippen molar-refractivity contribution in [3.05, 3.63) is 0 Å². The molecule has 26 valence electrons. The molecule has 4 heteroatoms. The molecule has 0 radical (unpaired) electrons. The van der Waals surface area contributed by atoms with Crippen molar-refractivity contribution in [1.82, 2.24) is 0 Å². The van der Waals surface area contributed by atoms with Crippen LogP contribution >= 0.6 is 12.3 Å². The standard InChI is InChI=1S/FHO2S/c1-3-4-2/h2H. The molecule has 0 saturated heterocycles. The molecular weight excluding hydrogens is 83.1 g/mol. The van der Waals surface area contributed by atoms with Crippen LogP contribution in [0.4, 0.5) is 4.53 Å². The van der Waals surface area contributed by atoms with E-state index in [1.165, 1.54) is 0 Å². The molecular formula is HFO2S.